The van der Waals surface area contributed by atoms with Crippen molar-refractivity contribution in [2.75, 3.05) is 6.54 Å². The molecular weight excluding hydrogens is 248 g/mol. The van der Waals surface area contributed by atoms with E-state index < -0.39 is 0 Å². The van der Waals surface area contributed by atoms with E-state index in [-0.39, 0.29) is 0 Å². The summed E-state index contributed by atoms with van der Waals surface area (Å²) < 4.78 is 0. The van der Waals surface area contributed by atoms with Crippen LogP contribution in [0.5, 0.6) is 0 Å². The summed E-state index contributed by atoms with van der Waals surface area (Å²) in [5.74, 6) is 1.16. The van der Waals surface area contributed by atoms with Gasteiger partial charge in [0.2, 0.25) is 0 Å². The van der Waals surface area contributed by atoms with Gasteiger partial charge in [0, 0.05) is 11.8 Å². The summed E-state index contributed by atoms with van der Waals surface area (Å²) in [7, 11) is 0. The molecule has 0 spiro atoms. The largest absolute Gasteiger partial charge is 0.330 e. The van der Waals surface area contributed by atoms with Crippen LogP contribution in [0.1, 0.15) is 18.9 Å². The maximum atomic E-state index is 5.80. The summed E-state index contributed by atoms with van der Waals surface area (Å²) in [4.78, 5) is 5.95. The minimum absolute atomic E-state index is 0.539. The van der Waals surface area contributed by atoms with Gasteiger partial charge >= 0.3 is 0 Å². The summed E-state index contributed by atoms with van der Waals surface area (Å²) in [6, 6.07) is 4.18. The maximum Gasteiger partial charge on any atom is 0.0936 e. The Hall–Kier alpha value is -0.710. The van der Waals surface area contributed by atoms with E-state index in [0.29, 0.717) is 11.8 Å². The highest BCUT2D eigenvalue weighted by atomic mass is 32.1. The quantitative estimate of drug-likeness (QED) is 0.897. The molecule has 0 aliphatic rings. The lowest BCUT2D eigenvalue weighted by Crippen LogP contribution is -2.22. The fourth-order valence-corrected chi connectivity index (χ4v) is 3.41. The van der Waals surface area contributed by atoms with Gasteiger partial charge in [0.25, 0.3) is 0 Å². The predicted molar refractivity (Wildman–Crippen MR) is 76.5 cm³/mol. The first-order chi connectivity index (χ1) is 8.20. The standard InChI is InChI=1S/C13H18N2S2/c1-9(2)10(7-14)6-13-15-11(8-17-13)12-4-3-5-16-12/h3-5,8-10H,6-7,14H2,1-2H3. The zero-order chi connectivity index (χ0) is 12.3. The Labute approximate surface area is 111 Å². The topological polar surface area (TPSA) is 38.9 Å². The minimum atomic E-state index is 0.539. The normalized spacial score (nSPS) is 13.2. The fraction of sp³-hybridized carbons (Fsp3) is 0.462. The molecule has 0 radical (unpaired) electrons. The highest BCUT2D eigenvalue weighted by molar-refractivity contribution is 7.14. The van der Waals surface area contributed by atoms with Crippen LogP contribution >= 0.6 is 22.7 Å². The molecule has 0 aliphatic heterocycles. The smallest absolute Gasteiger partial charge is 0.0936 e. The molecule has 0 aliphatic carbocycles. The molecule has 2 N–H and O–H groups in total. The van der Waals surface area contributed by atoms with Gasteiger partial charge in [0.15, 0.2) is 0 Å². The van der Waals surface area contributed by atoms with Crippen LogP contribution in [-0.4, -0.2) is 11.5 Å². The average Bonchev–Trinajstić information content (AvgIpc) is 2.95. The van der Waals surface area contributed by atoms with Crippen LogP contribution in [0.15, 0.2) is 22.9 Å². The lowest BCUT2D eigenvalue weighted by atomic mass is 9.93. The molecule has 92 valence electrons. The van der Waals surface area contributed by atoms with E-state index in [1.54, 1.807) is 22.7 Å². The van der Waals surface area contributed by atoms with Crippen molar-refractivity contribution in [3.05, 3.63) is 27.9 Å². The first-order valence-corrected chi connectivity index (χ1v) is 7.65. The fourth-order valence-electron chi connectivity index (χ4n) is 1.76. The Morgan fingerprint density at radius 1 is 1.35 bits per heavy atom. The Balaban J connectivity index is 2.08. The van der Waals surface area contributed by atoms with Crippen molar-refractivity contribution < 1.29 is 0 Å². The molecule has 2 aromatic heterocycles. The first-order valence-electron chi connectivity index (χ1n) is 5.89. The van der Waals surface area contributed by atoms with Crippen molar-refractivity contribution in [1.29, 1.82) is 0 Å². The van der Waals surface area contributed by atoms with Crippen LogP contribution in [0.4, 0.5) is 0 Å². The van der Waals surface area contributed by atoms with Crippen LogP contribution in [0, 0.1) is 11.8 Å². The number of thiazole rings is 1. The lowest BCUT2D eigenvalue weighted by Gasteiger charge is -2.16. The molecule has 1 unspecified atom stereocenters. The molecule has 1 atom stereocenters. The van der Waals surface area contributed by atoms with Gasteiger partial charge in [-0.25, -0.2) is 4.98 Å². The number of hydrogen-bond acceptors (Lipinski definition) is 4. The Kier molecular flexibility index (Phi) is 4.31. The molecule has 0 saturated carbocycles. The third-order valence-electron chi connectivity index (χ3n) is 3.01. The zero-order valence-electron chi connectivity index (χ0n) is 10.2. The van der Waals surface area contributed by atoms with Crippen molar-refractivity contribution in [1.82, 2.24) is 4.98 Å². The van der Waals surface area contributed by atoms with Crippen molar-refractivity contribution in [3.8, 4) is 10.6 Å². The van der Waals surface area contributed by atoms with Gasteiger partial charge in [0.05, 0.1) is 15.6 Å². The van der Waals surface area contributed by atoms with Gasteiger partial charge in [-0.15, -0.1) is 22.7 Å². The molecule has 2 heterocycles. The van der Waals surface area contributed by atoms with Crippen LogP contribution in [0.2, 0.25) is 0 Å². The van der Waals surface area contributed by atoms with Crippen molar-refractivity contribution in [3.63, 3.8) is 0 Å². The van der Waals surface area contributed by atoms with E-state index in [1.807, 2.05) is 0 Å². The highest BCUT2D eigenvalue weighted by Crippen LogP contribution is 2.27. The average molecular weight is 266 g/mol. The van der Waals surface area contributed by atoms with Crippen LogP contribution in [0.25, 0.3) is 10.6 Å². The van der Waals surface area contributed by atoms with Gasteiger partial charge in [-0.05, 0) is 29.8 Å². The minimum Gasteiger partial charge on any atom is -0.330 e. The highest BCUT2D eigenvalue weighted by Gasteiger charge is 2.15. The lowest BCUT2D eigenvalue weighted by molar-refractivity contribution is 0.391. The van der Waals surface area contributed by atoms with Crippen molar-refractivity contribution >= 4 is 22.7 Å². The summed E-state index contributed by atoms with van der Waals surface area (Å²) in [5.41, 5.74) is 6.91. The molecular formula is C13H18N2S2. The van der Waals surface area contributed by atoms with Crippen LogP contribution in [0.3, 0.4) is 0 Å². The van der Waals surface area contributed by atoms with Gasteiger partial charge < -0.3 is 5.73 Å². The van der Waals surface area contributed by atoms with Gasteiger partial charge in [0.1, 0.15) is 0 Å². The second-order valence-electron chi connectivity index (χ2n) is 4.55. The molecule has 0 aromatic carbocycles. The summed E-state index contributed by atoms with van der Waals surface area (Å²) in [5, 5.41) is 5.44. The third kappa shape index (κ3) is 3.15. The molecule has 17 heavy (non-hydrogen) atoms. The van der Waals surface area contributed by atoms with Gasteiger partial charge in [-0.3, -0.25) is 0 Å². The zero-order valence-corrected chi connectivity index (χ0v) is 11.9. The van der Waals surface area contributed by atoms with E-state index >= 15 is 0 Å². The number of hydrogen-bond donors (Lipinski definition) is 1. The van der Waals surface area contributed by atoms with E-state index in [4.69, 9.17) is 10.7 Å². The Bertz CT molecular complexity index is 446. The van der Waals surface area contributed by atoms with E-state index in [1.165, 1.54) is 9.88 Å². The molecule has 0 bridgehead atoms. The number of thiophene rings is 1. The predicted octanol–water partition coefficient (Wildman–Crippen LogP) is 3.65. The van der Waals surface area contributed by atoms with Gasteiger partial charge in [-0.2, -0.15) is 0 Å². The number of nitrogens with zero attached hydrogens (tertiary/aromatic N) is 1. The van der Waals surface area contributed by atoms with E-state index in [0.717, 1.165) is 18.7 Å². The number of nitrogens with two attached hydrogens (primary N) is 1. The molecule has 0 saturated heterocycles. The summed E-state index contributed by atoms with van der Waals surface area (Å²) >= 11 is 3.49. The SMILES string of the molecule is CC(C)C(CN)Cc1nc(-c2cccs2)cs1. The third-order valence-corrected chi connectivity index (χ3v) is 4.77. The molecule has 2 rings (SSSR count). The van der Waals surface area contributed by atoms with Crippen LogP contribution in [-0.2, 0) is 6.42 Å². The van der Waals surface area contributed by atoms with Gasteiger partial charge in [-0.1, -0.05) is 19.9 Å². The molecule has 2 aromatic rings. The Morgan fingerprint density at radius 2 is 2.18 bits per heavy atom. The summed E-state index contributed by atoms with van der Waals surface area (Å²) in [6.07, 6.45) is 1.00. The Morgan fingerprint density at radius 3 is 2.76 bits per heavy atom. The second kappa shape index (κ2) is 5.76. The van der Waals surface area contributed by atoms with Crippen molar-refractivity contribution in [2.24, 2.45) is 17.6 Å². The van der Waals surface area contributed by atoms with E-state index in [2.05, 4.69) is 36.7 Å². The number of rotatable bonds is 5. The number of aromatic nitrogens is 1. The molecule has 2 nitrogen and oxygen atoms in total. The monoisotopic (exact) mass is 266 g/mol. The molecule has 0 fully saturated rings. The van der Waals surface area contributed by atoms with Crippen LogP contribution < -0.4 is 5.73 Å². The summed E-state index contributed by atoms with van der Waals surface area (Å²) in [6.45, 7) is 5.20. The molecule has 0 amide bonds. The molecule has 4 heteroatoms. The second-order valence-corrected chi connectivity index (χ2v) is 6.44. The maximum absolute atomic E-state index is 5.80. The first kappa shape index (κ1) is 12.7. The van der Waals surface area contributed by atoms with E-state index in [9.17, 15) is 0 Å². The van der Waals surface area contributed by atoms with Crippen molar-refractivity contribution in [2.45, 2.75) is 20.3 Å².